The number of halogens is 1. The second-order valence-electron chi connectivity index (χ2n) is 6.82. The number of hydrogen-bond donors (Lipinski definition) is 1. The molecule has 4 amide bonds. The minimum Gasteiger partial charge on any atom is -0.489 e. The van der Waals surface area contributed by atoms with E-state index in [1.807, 2.05) is 26.8 Å². The Bertz CT molecular complexity index is 1020. The number of urea groups is 1. The van der Waals surface area contributed by atoms with Crippen molar-refractivity contribution in [1.29, 1.82) is 0 Å². The first-order chi connectivity index (χ1) is 13.8. The summed E-state index contributed by atoms with van der Waals surface area (Å²) < 4.78 is 5.73. The van der Waals surface area contributed by atoms with Gasteiger partial charge in [0.2, 0.25) is 0 Å². The Morgan fingerprint density at radius 3 is 2.59 bits per heavy atom. The van der Waals surface area contributed by atoms with Gasteiger partial charge in [0.1, 0.15) is 11.3 Å². The molecule has 1 fully saturated rings. The summed E-state index contributed by atoms with van der Waals surface area (Å²) in [5.41, 5.74) is 1.66. The van der Waals surface area contributed by atoms with Crippen molar-refractivity contribution in [3.63, 3.8) is 0 Å². The summed E-state index contributed by atoms with van der Waals surface area (Å²) in [6.07, 6.45) is 2.25. The molecule has 3 rings (SSSR count). The maximum Gasteiger partial charge on any atom is 0.335 e. The summed E-state index contributed by atoms with van der Waals surface area (Å²) in [5, 5.41) is 2.58. The van der Waals surface area contributed by atoms with Crippen molar-refractivity contribution >= 4 is 41.2 Å². The van der Waals surface area contributed by atoms with E-state index in [1.54, 1.807) is 36.4 Å². The Labute approximate surface area is 174 Å². The number of amides is 4. The van der Waals surface area contributed by atoms with Gasteiger partial charge in [0.25, 0.3) is 11.8 Å². The summed E-state index contributed by atoms with van der Waals surface area (Å²) in [5.74, 6) is -0.917. The molecule has 0 bridgehead atoms. The number of hydrogen-bond acceptors (Lipinski definition) is 4. The van der Waals surface area contributed by atoms with Crippen LogP contribution in [0.25, 0.3) is 6.08 Å². The second-order valence-corrected chi connectivity index (χ2v) is 7.23. The zero-order valence-corrected chi connectivity index (χ0v) is 17.1. The second kappa shape index (κ2) is 8.49. The molecule has 0 radical (unpaired) electrons. The summed E-state index contributed by atoms with van der Waals surface area (Å²) in [6.45, 7) is 5.79. The van der Waals surface area contributed by atoms with Gasteiger partial charge in [-0.25, -0.2) is 9.69 Å². The molecule has 150 valence electrons. The number of nitrogens with zero attached hydrogens (tertiary/aromatic N) is 1. The molecule has 7 heteroatoms. The highest BCUT2D eigenvalue weighted by molar-refractivity contribution is 6.39. The fraction of sp³-hybridized carbons (Fsp3) is 0.227. The van der Waals surface area contributed by atoms with Gasteiger partial charge in [0.15, 0.2) is 0 Å². The standard InChI is InChI=1S/C22H21ClN2O4/c1-4-14(3)29-19-9-8-15(12-18(19)23)11-17-20(26)24-22(28)25(21(17)27)16-7-5-6-13(2)10-16/h5-12,14H,4H2,1-3H3,(H,24,26,28)/b17-11+/t14-/m1/s1. The van der Waals surface area contributed by atoms with Crippen LogP contribution in [0.15, 0.2) is 48.0 Å². The van der Waals surface area contributed by atoms with E-state index in [4.69, 9.17) is 16.3 Å². The summed E-state index contributed by atoms with van der Waals surface area (Å²) >= 11 is 6.28. The largest absolute Gasteiger partial charge is 0.489 e. The third-order valence-corrected chi connectivity index (χ3v) is 4.83. The normalized spacial score (nSPS) is 16.8. The predicted octanol–water partition coefficient (Wildman–Crippen LogP) is 4.49. The predicted molar refractivity (Wildman–Crippen MR) is 112 cm³/mol. The summed E-state index contributed by atoms with van der Waals surface area (Å²) in [4.78, 5) is 38.4. The van der Waals surface area contributed by atoms with E-state index < -0.39 is 17.8 Å². The van der Waals surface area contributed by atoms with Gasteiger partial charge in [-0.1, -0.05) is 36.7 Å². The number of anilines is 1. The Balaban J connectivity index is 1.93. The lowest BCUT2D eigenvalue weighted by Gasteiger charge is -2.26. The third-order valence-electron chi connectivity index (χ3n) is 4.53. The molecule has 29 heavy (non-hydrogen) atoms. The Morgan fingerprint density at radius 1 is 1.17 bits per heavy atom. The van der Waals surface area contributed by atoms with Crippen LogP contribution in [0.4, 0.5) is 10.5 Å². The lowest BCUT2D eigenvalue weighted by atomic mass is 10.1. The average molecular weight is 413 g/mol. The highest BCUT2D eigenvalue weighted by Gasteiger charge is 2.36. The monoisotopic (exact) mass is 412 g/mol. The Hall–Kier alpha value is -3.12. The molecule has 2 aromatic carbocycles. The molecule has 0 unspecified atom stereocenters. The number of rotatable bonds is 5. The highest BCUT2D eigenvalue weighted by Crippen LogP contribution is 2.29. The van der Waals surface area contributed by atoms with E-state index >= 15 is 0 Å². The van der Waals surface area contributed by atoms with Gasteiger partial charge in [-0.3, -0.25) is 14.9 Å². The lowest BCUT2D eigenvalue weighted by molar-refractivity contribution is -0.122. The molecular weight excluding hydrogens is 392 g/mol. The smallest absolute Gasteiger partial charge is 0.335 e. The van der Waals surface area contributed by atoms with E-state index in [0.29, 0.717) is 22.0 Å². The van der Waals surface area contributed by atoms with Gasteiger partial charge in [0, 0.05) is 0 Å². The van der Waals surface area contributed by atoms with Crippen LogP contribution in [0.3, 0.4) is 0 Å². The summed E-state index contributed by atoms with van der Waals surface area (Å²) in [7, 11) is 0. The molecule has 1 heterocycles. The lowest BCUT2D eigenvalue weighted by Crippen LogP contribution is -2.54. The molecule has 1 aliphatic rings. The molecule has 1 atom stereocenters. The molecular formula is C22H21ClN2O4. The van der Waals surface area contributed by atoms with Gasteiger partial charge in [0.05, 0.1) is 16.8 Å². The Kier molecular flexibility index (Phi) is 6.03. The number of carbonyl (C=O) groups is 3. The van der Waals surface area contributed by atoms with Gasteiger partial charge in [-0.05, 0) is 61.7 Å². The van der Waals surface area contributed by atoms with Crippen molar-refractivity contribution in [1.82, 2.24) is 5.32 Å². The number of ether oxygens (including phenoxy) is 1. The molecule has 0 spiro atoms. The van der Waals surface area contributed by atoms with Gasteiger partial charge >= 0.3 is 6.03 Å². The first-order valence-corrected chi connectivity index (χ1v) is 9.62. The van der Waals surface area contributed by atoms with Crippen molar-refractivity contribution in [2.75, 3.05) is 4.90 Å². The summed E-state index contributed by atoms with van der Waals surface area (Å²) in [6, 6.07) is 11.1. The van der Waals surface area contributed by atoms with Crippen LogP contribution in [0.1, 0.15) is 31.4 Å². The van der Waals surface area contributed by atoms with Crippen molar-refractivity contribution in [2.45, 2.75) is 33.3 Å². The van der Waals surface area contributed by atoms with Crippen LogP contribution in [0.5, 0.6) is 5.75 Å². The molecule has 1 N–H and O–H groups in total. The number of carbonyl (C=O) groups excluding carboxylic acids is 3. The number of benzene rings is 2. The minimum absolute atomic E-state index is 0.0105. The van der Waals surface area contributed by atoms with Gasteiger partial charge in [-0.2, -0.15) is 0 Å². The number of barbiturate groups is 1. The van der Waals surface area contributed by atoms with E-state index in [0.717, 1.165) is 16.9 Å². The first-order valence-electron chi connectivity index (χ1n) is 9.24. The quantitative estimate of drug-likeness (QED) is 0.579. The molecule has 0 saturated carbocycles. The molecule has 1 saturated heterocycles. The van der Waals surface area contributed by atoms with Gasteiger partial charge in [-0.15, -0.1) is 0 Å². The zero-order valence-electron chi connectivity index (χ0n) is 16.4. The Morgan fingerprint density at radius 2 is 1.93 bits per heavy atom. The molecule has 1 aliphatic heterocycles. The van der Waals surface area contributed by atoms with E-state index in [1.165, 1.54) is 6.08 Å². The molecule has 6 nitrogen and oxygen atoms in total. The number of imide groups is 2. The topological polar surface area (TPSA) is 75.7 Å². The van der Waals surface area contributed by atoms with E-state index in [9.17, 15) is 14.4 Å². The minimum atomic E-state index is -0.780. The highest BCUT2D eigenvalue weighted by atomic mass is 35.5. The van der Waals surface area contributed by atoms with E-state index in [2.05, 4.69) is 5.32 Å². The van der Waals surface area contributed by atoms with Crippen LogP contribution in [-0.4, -0.2) is 23.9 Å². The fourth-order valence-electron chi connectivity index (χ4n) is 2.83. The average Bonchev–Trinajstić information content (AvgIpc) is 2.67. The zero-order chi connectivity index (χ0) is 21.1. The van der Waals surface area contributed by atoms with Crippen molar-refractivity contribution < 1.29 is 19.1 Å². The maximum atomic E-state index is 12.9. The van der Waals surface area contributed by atoms with Crippen LogP contribution in [-0.2, 0) is 9.59 Å². The maximum absolute atomic E-state index is 12.9. The van der Waals surface area contributed by atoms with E-state index in [-0.39, 0.29) is 11.7 Å². The molecule has 0 aromatic heterocycles. The van der Waals surface area contributed by atoms with Crippen LogP contribution < -0.4 is 15.0 Å². The first kappa shape index (κ1) is 20.6. The van der Waals surface area contributed by atoms with Crippen molar-refractivity contribution in [3.05, 3.63) is 64.2 Å². The van der Waals surface area contributed by atoms with Crippen molar-refractivity contribution in [3.8, 4) is 5.75 Å². The van der Waals surface area contributed by atoms with Crippen LogP contribution >= 0.6 is 11.6 Å². The molecule has 0 aliphatic carbocycles. The van der Waals surface area contributed by atoms with Gasteiger partial charge < -0.3 is 4.74 Å². The third kappa shape index (κ3) is 4.49. The van der Waals surface area contributed by atoms with Crippen LogP contribution in [0.2, 0.25) is 5.02 Å². The SMILES string of the molecule is CC[C@@H](C)Oc1ccc(/C=C2\C(=O)NC(=O)N(c3cccc(C)c3)C2=O)cc1Cl. The van der Waals surface area contributed by atoms with Crippen molar-refractivity contribution in [2.24, 2.45) is 0 Å². The molecule has 2 aromatic rings. The fourth-order valence-corrected chi connectivity index (χ4v) is 3.06. The number of nitrogens with one attached hydrogen (secondary N) is 1. The number of aryl methyl sites for hydroxylation is 1. The van der Waals surface area contributed by atoms with Crippen LogP contribution in [0, 0.1) is 6.92 Å².